The quantitative estimate of drug-likeness (QED) is 0.349. The highest BCUT2D eigenvalue weighted by Crippen LogP contribution is 2.31. The topological polar surface area (TPSA) is 102 Å². The van der Waals surface area contributed by atoms with Gasteiger partial charge in [0, 0.05) is 38.0 Å². The molecule has 8 heteroatoms. The number of para-hydroxylation sites is 2. The lowest BCUT2D eigenvalue weighted by molar-refractivity contribution is -0.384. The highest BCUT2D eigenvalue weighted by Gasteiger charge is 2.27. The van der Waals surface area contributed by atoms with Crippen molar-refractivity contribution in [3.8, 4) is 0 Å². The molecule has 2 rings (SSSR count). The predicted octanol–water partition coefficient (Wildman–Crippen LogP) is 1.88. The smallest absolute Gasteiger partial charge is 0.305 e. The standard InChI is InChI=1S/C17H23N3O5/c1-25-16(21)7-4-10-18-17(22)13-8-11-19(12-9-13)14-5-2-3-6-15(14)20(23)24/h2-3,5-6,13H,4,7-12H2,1H3,(H,18,22). The van der Waals surface area contributed by atoms with Crippen LogP contribution in [-0.4, -0.2) is 43.5 Å². The van der Waals surface area contributed by atoms with E-state index in [9.17, 15) is 19.7 Å². The van der Waals surface area contributed by atoms with Crippen molar-refractivity contribution < 1.29 is 19.2 Å². The first-order valence-electron chi connectivity index (χ1n) is 8.36. The van der Waals surface area contributed by atoms with E-state index in [0.717, 1.165) is 0 Å². The molecule has 1 aromatic carbocycles. The second-order valence-corrected chi connectivity index (χ2v) is 5.98. The molecule has 1 aromatic rings. The van der Waals surface area contributed by atoms with Crippen molar-refractivity contribution in [1.29, 1.82) is 0 Å². The molecule has 0 atom stereocenters. The summed E-state index contributed by atoms with van der Waals surface area (Å²) >= 11 is 0. The van der Waals surface area contributed by atoms with Crippen molar-refractivity contribution in [2.45, 2.75) is 25.7 Å². The molecule has 25 heavy (non-hydrogen) atoms. The van der Waals surface area contributed by atoms with Gasteiger partial charge < -0.3 is 15.0 Å². The fraction of sp³-hybridized carbons (Fsp3) is 0.529. The SMILES string of the molecule is COC(=O)CCCNC(=O)C1CCN(c2ccccc2[N+](=O)[O-])CC1. The highest BCUT2D eigenvalue weighted by molar-refractivity contribution is 5.79. The molecular weight excluding hydrogens is 326 g/mol. The Morgan fingerprint density at radius 3 is 2.64 bits per heavy atom. The summed E-state index contributed by atoms with van der Waals surface area (Å²) in [5.41, 5.74) is 0.692. The number of amides is 1. The van der Waals surface area contributed by atoms with Gasteiger partial charge in [-0.3, -0.25) is 19.7 Å². The summed E-state index contributed by atoms with van der Waals surface area (Å²) in [6.07, 6.45) is 2.13. The van der Waals surface area contributed by atoms with Crippen LogP contribution in [0.2, 0.25) is 0 Å². The Bertz CT molecular complexity index is 626. The Hall–Kier alpha value is -2.64. The minimum Gasteiger partial charge on any atom is -0.469 e. The summed E-state index contributed by atoms with van der Waals surface area (Å²) in [5, 5.41) is 14.0. The van der Waals surface area contributed by atoms with Gasteiger partial charge in [0.1, 0.15) is 5.69 Å². The molecule has 0 unspecified atom stereocenters. The van der Waals surface area contributed by atoms with Crippen LogP contribution in [-0.2, 0) is 14.3 Å². The van der Waals surface area contributed by atoms with Crippen LogP contribution in [0, 0.1) is 16.0 Å². The molecule has 1 N–H and O–H groups in total. The number of nitrogens with zero attached hydrogens (tertiary/aromatic N) is 2. The summed E-state index contributed by atoms with van der Waals surface area (Å²) < 4.78 is 4.55. The van der Waals surface area contributed by atoms with E-state index in [0.29, 0.717) is 44.6 Å². The number of carbonyl (C=O) groups excluding carboxylic acids is 2. The molecule has 1 aliphatic heterocycles. The summed E-state index contributed by atoms with van der Waals surface area (Å²) in [6.45, 7) is 1.65. The normalized spacial score (nSPS) is 14.8. The van der Waals surface area contributed by atoms with Gasteiger partial charge in [-0.2, -0.15) is 0 Å². The van der Waals surface area contributed by atoms with E-state index < -0.39 is 0 Å². The Balaban J connectivity index is 1.80. The molecule has 0 bridgehead atoms. The van der Waals surface area contributed by atoms with Crippen LogP contribution in [0.1, 0.15) is 25.7 Å². The first-order valence-corrected chi connectivity index (χ1v) is 8.36. The third kappa shape index (κ3) is 5.17. The van der Waals surface area contributed by atoms with Gasteiger partial charge in [0.05, 0.1) is 12.0 Å². The van der Waals surface area contributed by atoms with Crippen LogP contribution in [0.5, 0.6) is 0 Å². The third-order valence-corrected chi connectivity index (χ3v) is 4.37. The molecule has 1 fully saturated rings. The maximum Gasteiger partial charge on any atom is 0.305 e. The predicted molar refractivity (Wildman–Crippen MR) is 92.3 cm³/mol. The van der Waals surface area contributed by atoms with Crippen molar-refractivity contribution >= 4 is 23.3 Å². The largest absolute Gasteiger partial charge is 0.469 e. The summed E-state index contributed by atoms with van der Waals surface area (Å²) in [7, 11) is 1.34. The van der Waals surface area contributed by atoms with Gasteiger partial charge in [0.15, 0.2) is 0 Å². The van der Waals surface area contributed by atoms with Crippen molar-refractivity contribution in [3.63, 3.8) is 0 Å². The van der Waals surface area contributed by atoms with Gasteiger partial charge >= 0.3 is 5.97 Å². The maximum absolute atomic E-state index is 12.2. The van der Waals surface area contributed by atoms with Gasteiger partial charge in [-0.05, 0) is 25.3 Å². The maximum atomic E-state index is 12.2. The van der Waals surface area contributed by atoms with Crippen molar-refractivity contribution in [1.82, 2.24) is 5.32 Å². The Morgan fingerprint density at radius 1 is 1.32 bits per heavy atom. The van der Waals surface area contributed by atoms with E-state index in [1.165, 1.54) is 13.2 Å². The Labute approximate surface area is 146 Å². The fourth-order valence-corrected chi connectivity index (χ4v) is 2.96. The van der Waals surface area contributed by atoms with Crippen LogP contribution in [0.15, 0.2) is 24.3 Å². The molecule has 0 aliphatic carbocycles. The first-order chi connectivity index (χ1) is 12.0. The second kappa shape index (κ2) is 9.00. The number of ether oxygens (including phenoxy) is 1. The fourth-order valence-electron chi connectivity index (χ4n) is 2.96. The number of hydrogen-bond donors (Lipinski definition) is 1. The van der Waals surface area contributed by atoms with E-state index in [1.807, 2.05) is 4.90 Å². The van der Waals surface area contributed by atoms with Crippen LogP contribution in [0.25, 0.3) is 0 Å². The van der Waals surface area contributed by atoms with Crippen LogP contribution in [0.3, 0.4) is 0 Å². The zero-order chi connectivity index (χ0) is 18.2. The first kappa shape index (κ1) is 18.7. The van der Waals surface area contributed by atoms with E-state index in [1.54, 1.807) is 18.2 Å². The molecular formula is C17H23N3O5. The van der Waals surface area contributed by atoms with Crippen molar-refractivity contribution in [2.24, 2.45) is 5.92 Å². The molecule has 0 aromatic heterocycles. The summed E-state index contributed by atoms with van der Waals surface area (Å²) in [6, 6.07) is 6.67. The number of piperidine rings is 1. The van der Waals surface area contributed by atoms with Gasteiger partial charge in [-0.25, -0.2) is 0 Å². The van der Waals surface area contributed by atoms with E-state index in [-0.39, 0.29) is 34.8 Å². The number of hydrogen-bond acceptors (Lipinski definition) is 6. The van der Waals surface area contributed by atoms with Crippen LogP contribution >= 0.6 is 0 Å². The lowest BCUT2D eigenvalue weighted by atomic mass is 9.95. The van der Waals surface area contributed by atoms with E-state index in [4.69, 9.17) is 0 Å². The number of carbonyl (C=O) groups is 2. The molecule has 8 nitrogen and oxygen atoms in total. The highest BCUT2D eigenvalue weighted by atomic mass is 16.6. The minimum atomic E-state index is -0.380. The number of esters is 1. The summed E-state index contributed by atoms with van der Waals surface area (Å²) in [4.78, 5) is 35.9. The molecule has 0 radical (unpaired) electrons. The van der Waals surface area contributed by atoms with Gasteiger partial charge in [0.25, 0.3) is 5.69 Å². The lowest BCUT2D eigenvalue weighted by Gasteiger charge is -2.32. The molecule has 0 spiro atoms. The minimum absolute atomic E-state index is 0.0212. The molecule has 1 saturated heterocycles. The second-order valence-electron chi connectivity index (χ2n) is 5.98. The number of benzene rings is 1. The molecule has 1 aliphatic rings. The summed E-state index contributed by atoms with van der Waals surface area (Å²) in [5.74, 6) is -0.406. The number of nitro benzene ring substituents is 1. The Morgan fingerprint density at radius 2 is 2.00 bits per heavy atom. The number of methoxy groups -OCH3 is 1. The number of nitrogens with one attached hydrogen (secondary N) is 1. The molecule has 0 saturated carbocycles. The zero-order valence-electron chi connectivity index (χ0n) is 14.3. The Kier molecular flexibility index (Phi) is 6.73. The molecule has 1 heterocycles. The zero-order valence-corrected chi connectivity index (χ0v) is 14.3. The van der Waals surface area contributed by atoms with Crippen molar-refractivity contribution in [2.75, 3.05) is 31.6 Å². The van der Waals surface area contributed by atoms with Gasteiger partial charge in [0.2, 0.25) is 5.91 Å². The van der Waals surface area contributed by atoms with Gasteiger partial charge in [-0.1, -0.05) is 12.1 Å². The molecule has 136 valence electrons. The number of anilines is 1. The van der Waals surface area contributed by atoms with Crippen LogP contribution < -0.4 is 10.2 Å². The lowest BCUT2D eigenvalue weighted by Crippen LogP contribution is -2.41. The monoisotopic (exact) mass is 349 g/mol. The van der Waals surface area contributed by atoms with Crippen LogP contribution in [0.4, 0.5) is 11.4 Å². The third-order valence-electron chi connectivity index (χ3n) is 4.37. The van der Waals surface area contributed by atoms with E-state index in [2.05, 4.69) is 10.1 Å². The van der Waals surface area contributed by atoms with Crippen molar-refractivity contribution in [3.05, 3.63) is 34.4 Å². The molecule has 1 amide bonds. The van der Waals surface area contributed by atoms with Gasteiger partial charge in [-0.15, -0.1) is 0 Å². The number of nitro groups is 1. The average Bonchev–Trinajstić information content (AvgIpc) is 2.64. The van der Waals surface area contributed by atoms with E-state index >= 15 is 0 Å². The number of rotatable bonds is 7. The average molecular weight is 349 g/mol.